The van der Waals surface area contributed by atoms with Crippen LogP contribution in [-0.2, 0) is 0 Å². The molecule has 0 aliphatic rings. The molecule has 2 nitrogen and oxygen atoms in total. The summed E-state index contributed by atoms with van der Waals surface area (Å²) in [5.74, 6) is 0.844. The molecule has 0 heterocycles. The summed E-state index contributed by atoms with van der Waals surface area (Å²) < 4.78 is 6.32. The monoisotopic (exact) mass is 353 g/mol. The molecular weight excluding hydrogens is 338 g/mol. The first-order valence-electron chi connectivity index (χ1n) is 6.48. The number of benzene rings is 2. The quantitative estimate of drug-likeness (QED) is 0.832. The maximum atomic E-state index is 6.36. The Balaban J connectivity index is 2.46. The van der Waals surface area contributed by atoms with E-state index in [0.29, 0.717) is 0 Å². The third-order valence-electron chi connectivity index (χ3n) is 3.10. The molecule has 0 saturated heterocycles. The van der Waals surface area contributed by atoms with Crippen LogP contribution >= 0.6 is 27.5 Å². The van der Waals surface area contributed by atoms with Crippen molar-refractivity contribution in [2.75, 3.05) is 13.7 Å². The molecule has 2 aromatic carbocycles. The minimum Gasteiger partial charge on any atom is -0.497 e. The van der Waals surface area contributed by atoms with Gasteiger partial charge in [0.1, 0.15) is 5.75 Å². The largest absolute Gasteiger partial charge is 0.497 e. The molecule has 0 radical (unpaired) electrons. The highest BCUT2D eigenvalue weighted by atomic mass is 79.9. The molecule has 20 heavy (non-hydrogen) atoms. The van der Waals surface area contributed by atoms with E-state index in [9.17, 15) is 0 Å². The number of hydrogen-bond donors (Lipinski definition) is 1. The summed E-state index contributed by atoms with van der Waals surface area (Å²) in [7, 11) is 1.67. The summed E-state index contributed by atoms with van der Waals surface area (Å²) in [6, 6.07) is 14.0. The number of rotatable bonds is 5. The molecule has 4 heteroatoms. The van der Waals surface area contributed by atoms with Crippen molar-refractivity contribution >= 4 is 27.5 Å². The van der Waals surface area contributed by atoms with Gasteiger partial charge in [-0.15, -0.1) is 0 Å². The summed E-state index contributed by atoms with van der Waals surface area (Å²) >= 11 is 9.86. The lowest BCUT2D eigenvalue weighted by Gasteiger charge is -2.21. The van der Waals surface area contributed by atoms with Gasteiger partial charge in [-0.2, -0.15) is 0 Å². The minimum absolute atomic E-state index is 0.0418. The van der Waals surface area contributed by atoms with Crippen molar-refractivity contribution in [3.63, 3.8) is 0 Å². The van der Waals surface area contributed by atoms with Crippen molar-refractivity contribution in [2.45, 2.75) is 13.0 Å². The second-order valence-electron chi connectivity index (χ2n) is 4.43. The average molecular weight is 355 g/mol. The van der Waals surface area contributed by atoms with Crippen molar-refractivity contribution in [2.24, 2.45) is 0 Å². The number of halogens is 2. The molecule has 2 rings (SSSR count). The minimum atomic E-state index is 0.0418. The first-order valence-corrected chi connectivity index (χ1v) is 7.65. The molecular formula is C16H17BrClNO. The Kier molecular flexibility index (Phi) is 5.46. The zero-order chi connectivity index (χ0) is 14.5. The van der Waals surface area contributed by atoms with Crippen molar-refractivity contribution in [1.82, 2.24) is 5.32 Å². The topological polar surface area (TPSA) is 21.3 Å². The molecule has 1 N–H and O–H groups in total. The maximum Gasteiger partial charge on any atom is 0.119 e. The maximum absolute atomic E-state index is 6.36. The summed E-state index contributed by atoms with van der Waals surface area (Å²) in [6.07, 6.45) is 0. The van der Waals surface area contributed by atoms with Gasteiger partial charge in [-0.3, -0.25) is 0 Å². The predicted octanol–water partition coefficient (Wildman–Crippen LogP) is 4.81. The van der Waals surface area contributed by atoms with Crippen LogP contribution in [0.2, 0.25) is 5.02 Å². The molecule has 0 saturated carbocycles. The summed E-state index contributed by atoms with van der Waals surface area (Å²) in [5.41, 5.74) is 2.18. The Hall–Kier alpha value is -1.03. The summed E-state index contributed by atoms with van der Waals surface area (Å²) in [6.45, 7) is 2.93. The normalized spacial score (nSPS) is 12.2. The molecule has 0 aliphatic heterocycles. The van der Waals surface area contributed by atoms with Gasteiger partial charge in [-0.1, -0.05) is 46.6 Å². The molecule has 0 bridgehead atoms. The van der Waals surface area contributed by atoms with Gasteiger partial charge in [0, 0.05) is 9.50 Å². The standard InChI is InChI=1S/C16H17BrClNO/c1-3-19-16(11-5-4-6-13(9-11)20-2)14-10-12(17)7-8-15(14)18/h4-10,16,19H,3H2,1-2H3. The summed E-state index contributed by atoms with van der Waals surface area (Å²) in [4.78, 5) is 0. The predicted molar refractivity (Wildman–Crippen MR) is 87.7 cm³/mol. The van der Waals surface area contributed by atoms with E-state index in [1.165, 1.54) is 0 Å². The van der Waals surface area contributed by atoms with E-state index in [2.05, 4.69) is 40.3 Å². The Morgan fingerprint density at radius 1 is 1.25 bits per heavy atom. The number of hydrogen-bond acceptors (Lipinski definition) is 2. The van der Waals surface area contributed by atoms with Crippen LogP contribution in [0.4, 0.5) is 0 Å². The molecule has 1 atom stereocenters. The highest BCUT2D eigenvalue weighted by Crippen LogP contribution is 2.32. The highest BCUT2D eigenvalue weighted by molar-refractivity contribution is 9.10. The van der Waals surface area contributed by atoms with Crippen molar-refractivity contribution < 1.29 is 4.74 Å². The van der Waals surface area contributed by atoms with Crippen LogP contribution in [0.1, 0.15) is 24.1 Å². The van der Waals surface area contributed by atoms with E-state index in [0.717, 1.165) is 32.9 Å². The van der Waals surface area contributed by atoms with E-state index in [4.69, 9.17) is 16.3 Å². The number of ether oxygens (including phenoxy) is 1. The van der Waals surface area contributed by atoms with Gasteiger partial charge in [0.2, 0.25) is 0 Å². The van der Waals surface area contributed by atoms with Gasteiger partial charge in [-0.05, 0) is 48.0 Å². The molecule has 106 valence electrons. The van der Waals surface area contributed by atoms with Crippen LogP contribution in [0.15, 0.2) is 46.9 Å². The molecule has 0 spiro atoms. The van der Waals surface area contributed by atoms with Crippen molar-refractivity contribution in [3.05, 3.63) is 63.1 Å². The Labute approximate surface area is 133 Å². The Morgan fingerprint density at radius 3 is 2.75 bits per heavy atom. The van der Waals surface area contributed by atoms with Crippen LogP contribution in [0, 0.1) is 0 Å². The van der Waals surface area contributed by atoms with E-state index in [1.807, 2.05) is 30.3 Å². The average Bonchev–Trinajstić information content (AvgIpc) is 2.47. The van der Waals surface area contributed by atoms with E-state index < -0.39 is 0 Å². The fourth-order valence-corrected chi connectivity index (χ4v) is 2.77. The summed E-state index contributed by atoms with van der Waals surface area (Å²) in [5, 5.41) is 4.23. The van der Waals surface area contributed by atoms with Crippen LogP contribution < -0.4 is 10.1 Å². The van der Waals surface area contributed by atoms with Crippen LogP contribution in [0.3, 0.4) is 0 Å². The molecule has 0 aromatic heterocycles. The molecule has 0 amide bonds. The van der Waals surface area contributed by atoms with Crippen LogP contribution in [0.25, 0.3) is 0 Å². The van der Waals surface area contributed by atoms with Crippen molar-refractivity contribution in [1.29, 1.82) is 0 Å². The third kappa shape index (κ3) is 3.54. The Morgan fingerprint density at radius 2 is 2.05 bits per heavy atom. The highest BCUT2D eigenvalue weighted by Gasteiger charge is 2.17. The van der Waals surface area contributed by atoms with Crippen molar-refractivity contribution in [3.8, 4) is 5.75 Å². The van der Waals surface area contributed by atoms with E-state index in [1.54, 1.807) is 7.11 Å². The first-order chi connectivity index (χ1) is 9.65. The SMILES string of the molecule is CCNC(c1cccc(OC)c1)c1cc(Br)ccc1Cl. The van der Waals surface area contributed by atoms with Gasteiger partial charge in [0.05, 0.1) is 13.2 Å². The van der Waals surface area contributed by atoms with Gasteiger partial charge in [-0.25, -0.2) is 0 Å². The fraction of sp³-hybridized carbons (Fsp3) is 0.250. The van der Waals surface area contributed by atoms with Gasteiger partial charge >= 0.3 is 0 Å². The zero-order valence-corrected chi connectivity index (χ0v) is 13.8. The van der Waals surface area contributed by atoms with Crippen LogP contribution in [0.5, 0.6) is 5.75 Å². The zero-order valence-electron chi connectivity index (χ0n) is 11.5. The fourth-order valence-electron chi connectivity index (χ4n) is 2.17. The number of methoxy groups -OCH3 is 1. The third-order valence-corrected chi connectivity index (χ3v) is 3.94. The van der Waals surface area contributed by atoms with Crippen LogP contribution in [-0.4, -0.2) is 13.7 Å². The smallest absolute Gasteiger partial charge is 0.119 e. The number of nitrogens with one attached hydrogen (secondary N) is 1. The molecule has 0 aliphatic carbocycles. The Bertz CT molecular complexity index is 588. The molecule has 0 fully saturated rings. The van der Waals surface area contributed by atoms with Gasteiger partial charge in [0.15, 0.2) is 0 Å². The lowest BCUT2D eigenvalue weighted by atomic mass is 9.98. The lowest BCUT2D eigenvalue weighted by Crippen LogP contribution is -2.22. The van der Waals surface area contributed by atoms with E-state index >= 15 is 0 Å². The molecule has 2 aromatic rings. The second-order valence-corrected chi connectivity index (χ2v) is 5.76. The first kappa shape index (κ1) is 15.4. The van der Waals surface area contributed by atoms with Gasteiger partial charge < -0.3 is 10.1 Å². The molecule has 1 unspecified atom stereocenters. The van der Waals surface area contributed by atoms with Gasteiger partial charge in [0.25, 0.3) is 0 Å². The van der Waals surface area contributed by atoms with E-state index in [-0.39, 0.29) is 6.04 Å². The second kappa shape index (κ2) is 7.11. The lowest BCUT2D eigenvalue weighted by molar-refractivity contribution is 0.413.